The third-order valence-corrected chi connectivity index (χ3v) is 11.7. The normalized spacial score (nSPS) is 26.3. The summed E-state index contributed by atoms with van der Waals surface area (Å²) in [7, 11) is -3.04. The fourth-order valence-corrected chi connectivity index (χ4v) is 8.57. The lowest BCUT2D eigenvalue weighted by atomic mass is 9.43. The van der Waals surface area contributed by atoms with Crippen LogP contribution in [0.1, 0.15) is 89.6 Å². The van der Waals surface area contributed by atoms with E-state index in [-0.39, 0.29) is 29.0 Å². The Labute approximate surface area is 274 Å². The minimum atomic E-state index is -4.04. The fourth-order valence-electron chi connectivity index (χ4n) is 7.55. The Bertz CT molecular complexity index is 1510. The quantitative estimate of drug-likeness (QED) is 0.264. The molecule has 1 aromatic carbocycles. The summed E-state index contributed by atoms with van der Waals surface area (Å²) in [6, 6.07) is 6.05. The van der Waals surface area contributed by atoms with Crippen LogP contribution in [0.2, 0.25) is 0 Å². The summed E-state index contributed by atoms with van der Waals surface area (Å²) in [6.45, 7) is 12.6. The van der Waals surface area contributed by atoms with Gasteiger partial charge < -0.3 is 24.5 Å². The average Bonchev–Trinajstić information content (AvgIpc) is 3.60. The Hall–Kier alpha value is -2.74. The molecular weight excluding hydrogens is 605 g/mol. The molecule has 1 saturated heterocycles. The summed E-state index contributed by atoms with van der Waals surface area (Å²) in [6.07, 6.45) is 8.35. The van der Waals surface area contributed by atoms with Crippen LogP contribution in [0.15, 0.2) is 41.8 Å². The third-order valence-electron chi connectivity index (χ3n) is 10.4. The minimum Gasteiger partial charge on any atom is -0.404 e. The third kappa shape index (κ3) is 7.07. The maximum Gasteiger partial charge on any atom is 0.481 e. The summed E-state index contributed by atoms with van der Waals surface area (Å²) in [5.41, 5.74) is 1.23. The first-order valence-electron chi connectivity index (χ1n) is 16.6. The molecule has 6 rings (SSSR count). The van der Waals surface area contributed by atoms with E-state index in [9.17, 15) is 18.0 Å². The average molecular weight is 656 g/mol. The number of sulfonamides is 1. The topological polar surface area (TPSA) is 141 Å². The Balaban J connectivity index is 1.33. The molecule has 4 fully saturated rings. The minimum absolute atomic E-state index is 0.0539. The molecular formula is C33H50BN5O6S. The summed E-state index contributed by atoms with van der Waals surface area (Å²) >= 11 is 0. The highest BCUT2D eigenvalue weighted by Gasteiger charge is 2.68. The number of carbonyl (C=O) groups is 2. The molecule has 11 nitrogen and oxygen atoms in total. The molecule has 6 atom stereocenters. The molecule has 3 saturated carbocycles. The van der Waals surface area contributed by atoms with E-state index in [1.165, 1.54) is 17.1 Å². The van der Waals surface area contributed by atoms with Crippen molar-refractivity contribution in [1.29, 1.82) is 0 Å². The number of aromatic nitrogens is 2. The highest BCUT2D eigenvalue weighted by Crippen LogP contribution is 2.65. The van der Waals surface area contributed by atoms with Gasteiger partial charge in [-0.15, -0.1) is 0 Å². The van der Waals surface area contributed by atoms with E-state index in [1.54, 1.807) is 19.2 Å². The second-order valence-corrected chi connectivity index (χ2v) is 16.4. The zero-order valence-corrected chi connectivity index (χ0v) is 29.0. The van der Waals surface area contributed by atoms with Crippen molar-refractivity contribution in [3.8, 4) is 0 Å². The van der Waals surface area contributed by atoms with Gasteiger partial charge in [-0.1, -0.05) is 53.2 Å². The molecule has 13 heteroatoms. The molecule has 3 aliphatic carbocycles. The predicted molar refractivity (Wildman–Crippen MR) is 176 cm³/mol. The highest BCUT2D eigenvalue weighted by atomic mass is 32.2. The Morgan fingerprint density at radius 2 is 1.85 bits per heavy atom. The highest BCUT2D eigenvalue weighted by molar-refractivity contribution is 7.89. The van der Waals surface area contributed by atoms with Crippen molar-refractivity contribution in [2.75, 3.05) is 6.54 Å². The first kappa shape index (κ1) is 34.6. The van der Waals surface area contributed by atoms with Gasteiger partial charge in [0.1, 0.15) is 6.04 Å². The molecule has 3 N–H and O–H groups in total. The van der Waals surface area contributed by atoms with Gasteiger partial charge in [-0.3, -0.25) is 9.59 Å². The molecule has 1 aliphatic heterocycles. The first-order chi connectivity index (χ1) is 21.6. The zero-order valence-electron chi connectivity index (χ0n) is 28.2. The van der Waals surface area contributed by atoms with Crippen molar-refractivity contribution in [3.63, 3.8) is 0 Å². The Morgan fingerprint density at radius 1 is 1.13 bits per heavy atom. The van der Waals surface area contributed by atoms with Gasteiger partial charge in [0.25, 0.3) is 15.9 Å². The number of rotatable bonds is 14. The smallest absolute Gasteiger partial charge is 0.404 e. The van der Waals surface area contributed by atoms with Crippen LogP contribution in [0.5, 0.6) is 0 Å². The van der Waals surface area contributed by atoms with Gasteiger partial charge in [-0.05, 0) is 79.9 Å². The number of imidazole rings is 1. The van der Waals surface area contributed by atoms with Crippen molar-refractivity contribution >= 4 is 29.0 Å². The zero-order chi connectivity index (χ0) is 33.4. The number of carbonyl (C=O) groups excluding carboxylic acids is 2. The Kier molecular flexibility index (Phi) is 10.1. The van der Waals surface area contributed by atoms with Gasteiger partial charge in [0, 0.05) is 25.4 Å². The van der Waals surface area contributed by atoms with E-state index < -0.39 is 46.5 Å². The number of hydrogen-bond donors (Lipinski definition) is 3. The van der Waals surface area contributed by atoms with Crippen LogP contribution in [0.4, 0.5) is 0 Å². The van der Waals surface area contributed by atoms with Gasteiger partial charge >= 0.3 is 7.12 Å². The van der Waals surface area contributed by atoms with E-state index in [0.717, 1.165) is 37.7 Å². The largest absolute Gasteiger partial charge is 0.481 e. The predicted octanol–water partition coefficient (Wildman–Crippen LogP) is 3.64. The summed E-state index contributed by atoms with van der Waals surface area (Å²) < 4.78 is 43.3. The number of benzene rings is 1. The molecule has 2 heterocycles. The van der Waals surface area contributed by atoms with Gasteiger partial charge in [0.2, 0.25) is 5.91 Å². The van der Waals surface area contributed by atoms with Gasteiger partial charge in [-0.25, -0.2) is 18.1 Å². The van der Waals surface area contributed by atoms with E-state index in [1.807, 2.05) is 12.1 Å². The van der Waals surface area contributed by atoms with Crippen LogP contribution in [-0.2, 0) is 37.6 Å². The SMILES string of the molecule is CCCCc1ccc(C(=O)N[C@@H](CNS(=O)(=O)c2cn(C)cn2)C(=O)N[C@@H](CC(C)C)B2O[C@@H]3C[C@@H]4C[C@@H](C4(C)C)[C@]3(C)O2)cc1. The van der Waals surface area contributed by atoms with Gasteiger partial charge in [0.05, 0.1) is 24.0 Å². The lowest BCUT2D eigenvalue weighted by Crippen LogP contribution is -2.65. The first-order valence-corrected chi connectivity index (χ1v) is 18.1. The lowest BCUT2D eigenvalue weighted by molar-refractivity contribution is -0.199. The molecule has 2 aromatic rings. The lowest BCUT2D eigenvalue weighted by Gasteiger charge is -2.64. The van der Waals surface area contributed by atoms with E-state index in [4.69, 9.17) is 9.31 Å². The van der Waals surface area contributed by atoms with Crippen molar-refractivity contribution in [3.05, 3.63) is 47.9 Å². The van der Waals surface area contributed by atoms with E-state index in [2.05, 4.69) is 61.9 Å². The number of aryl methyl sites for hydroxylation is 2. The summed E-state index contributed by atoms with van der Waals surface area (Å²) in [5, 5.41) is 5.67. The van der Waals surface area contributed by atoms with Crippen molar-refractivity contribution in [2.45, 2.75) is 109 Å². The van der Waals surface area contributed by atoms with Crippen molar-refractivity contribution in [1.82, 2.24) is 24.9 Å². The summed E-state index contributed by atoms with van der Waals surface area (Å²) in [4.78, 5) is 31.3. The number of nitrogens with zero attached hydrogens (tertiary/aromatic N) is 2. The number of nitrogens with one attached hydrogen (secondary N) is 3. The number of unbranched alkanes of at least 4 members (excludes halogenated alkanes) is 1. The molecule has 46 heavy (non-hydrogen) atoms. The molecule has 2 amide bonds. The van der Waals surface area contributed by atoms with Crippen LogP contribution < -0.4 is 15.4 Å². The number of amides is 2. The maximum absolute atomic E-state index is 14.0. The molecule has 2 bridgehead atoms. The maximum atomic E-state index is 14.0. The van der Waals surface area contributed by atoms with Crippen LogP contribution in [-0.4, -0.2) is 67.1 Å². The standard InChI is InChI=1S/C33H50BN5O6S/c1-8-9-10-22-11-13-23(14-12-22)30(40)37-25(18-36-46(42,43)29-19-39(7)20-35-29)31(41)38-28(15-21(2)3)34-44-27-17-24-16-26(32(24,4)5)33(27,6)45-34/h11-14,19-21,24-28,36H,8-10,15-18H2,1-7H3,(H,37,40)(H,38,41)/t24-,25-,26-,27+,28-,33-/m0/s1. The molecule has 0 radical (unpaired) electrons. The second kappa shape index (κ2) is 13.4. The fraction of sp³-hybridized carbons (Fsp3) is 0.667. The van der Waals surface area contributed by atoms with Crippen molar-refractivity contribution in [2.24, 2.45) is 30.2 Å². The van der Waals surface area contributed by atoms with Crippen LogP contribution in [0.3, 0.4) is 0 Å². The monoisotopic (exact) mass is 655 g/mol. The summed E-state index contributed by atoms with van der Waals surface area (Å²) in [5.74, 6) is -0.346. The van der Waals surface area contributed by atoms with E-state index >= 15 is 0 Å². The van der Waals surface area contributed by atoms with Crippen LogP contribution in [0.25, 0.3) is 0 Å². The Morgan fingerprint density at radius 3 is 2.46 bits per heavy atom. The van der Waals surface area contributed by atoms with Gasteiger partial charge in [0.15, 0.2) is 5.03 Å². The molecule has 252 valence electrons. The second-order valence-electron chi connectivity index (χ2n) is 14.6. The van der Waals surface area contributed by atoms with E-state index in [0.29, 0.717) is 23.8 Å². The molecule has 0 spiro atoms. The molecule has 0 unspecified atom stereocenters. The molecule has 1 aromatic heterocycles. The van der Waals surface area contributed by atoms with Gasteiger partial charge in [-0.2, -0.15) is 0 Å². The van der Waals surface area contributed by atoms with Crippen LogP contribution in [0, 0.1) is 23.2 Å². The van der Waals surface area contributed by atoms with Crippen LogP contribution >= 0.6 is 0 Å². The van der Waals surface area contributed by atoms with Crippen molar-refractivity contribution < 1.29 is 27.3 Å². The number of hydrogen-bond acceptors (Lipinski definition) is 7. The molecule has 4 aliphatic rings.